The second-order valence-electron chi connectivity index (χ2n) is 6.11. The smallest absolute Gasteiger partial charge is 0.314 e. The molecule has 0 aromatic heterocycles. The summed E-state index contributed by atoms with van der Waals surface area (Å²) < 4.78 is 5.02. The third-order valence-electron chi connectivity index (χ3n) is 4.93. The van der Waals surface area contributed by atoms with Crippen LogP contribution in [0.2, 0.25) is 0 Å². The van der Waals surface area contributed by atoms with Crippen molar-refractivity contribution in [3.8, 4) is 0 Å². The first-order valence-electron chi connectivity index (χ1n) is 7.64. The van der Waals surface area contributed by atoms with Crippen molar-refractivity contribution in [3.05, 3.63) is 35.9 Å². The first kappa shape index (κ1) is 13.6. The van der Waals surface area contributed by atoms with E-state index in [0.717, 1.165) is 24.6 Å². The third kappa shape index (κ3) is 2.73. The fourth-order valence-corrected chi connectivity index (χ4v) is 3.78. The molecule has 108 valence electrons. The Labute approximate surface area is 120 Å². The highest BCUT2D eigenvalue weighted by Crippen LogP contribution is 2.36. The molecule has 1 aliphatic carbocycles. The van der Waals surface area contributed by atoms with Gasteiger partial charge in [0.2, 0.25) is 0 Å². The summed E-state index contributed by atoms with van der Waals surface area (Å²) >= 11 is 0. The Hall–Kier alpha value is -1.35. The lowest BCUT2D eigenvalue weighted by Crippen LogP contribution is -2.50. The minimum absolute atomic E-state index is 0.113. The maximum Gasteiger partial charge on any atom is 0.314 e. The molecular weight excluding hydrogens is 250 g/mol. The summed E-state index contributed by atoms with van der Waals surface area (Å²) in [7, 11) is 1.49. The van der Waals surface area contributed by atoms with E-state index in [4.69, 9.17) is 4.74 Å². The van der Waals surface area contributed by atoms with Crippen molar-refractivity contribution in [3.63, 3.8) is 0 Å². The van der Waals surface area contributed by atoms with Crippen molar-refractivity contribution in [2.75, 3.05) is 20.2 Å². The summed E-state index contributed by atoms with van der Waals surface area (Å²) in [6, 6.07) is 10.7. The van der Waals surface area contributed by atoms with Gasteiger partial charge in [-0.15, -0.1) is 0 Å². The average Bonchev–Trinajstić information content (AvgIpc) is 2.54. The second-order valence-corrected chi connectivity index (χ2v) is 6.11. The van der Waals surface area contributed by atoms with E-state index in [1.165, 1.54) is 32.8 Å². The average molecular weight is 273 g/mol. The summed E-state index contributed by atoms with van der Waals surface area (Å²) in [6.07, 6.45) is 5.34. The number of benzene rings is 1. The van der Waals surface area contributed by atoms with E-state index >= 15 is 0 Å². The first-order chi connectivity index (χ1) is 9.78. The molecule has 1 aromatic rings. The van der Waals surface area contributed by atoms with E-state index in [1.807, 2.05) is 30.3 Å². The Morgan fingerprint density at radius 3 is 2.50 bits per heavy atom. The van der Waals surface area contributed by atoms with Crippen molar-refractivity contribution >= 4 is 5.97 Å². The number of hydrogen-bond acceptors (Lipinski definition) is 3. The van der Waals surface area contributed by atoms with Gasteiger partial charge in [0.15, 0.2) is 0 Å². The van der Waals surface area contributed by atoms with E-state index in [2.05, 4.69) is 4.90 Å². The molecule has 0 N–H and O–H groups in total. The number of hydrogen-bond donors (Lipinski definition) is 0. The Kier molecular flexibility index (Phi) is 4.06. The first-order valence-corrected chi connectivity index (χ1v) is 7.64. The highest BCUT2D eigenvalue weighted by Gasteiger charge is 2.36. The molecule has 20 heavy (non-hydrogen) atoms. The summed E-state index contributed by atoms with van der Waals surface area (Å²) in [5.41, 5.74) is 1.07. The lowest BCUT2D eigenvalue weighted by Gasteiger charge is -2.46. The van der Waals surface area contributed by atoms with Gasteiger partial charge in [0, 0.05) is 19.1 Å². The molecule has 3 heteroatoms. The van der Waals surface area contributed by atoms with Gasteiger partial charge in [-0.2, -0.15) is 0 Å². The molecule has 0 amide bonds. The van der Waals surface area contributed by atoms with E-state index in [9.17, 15) is 4.79 Å². The Morgan fingerprint density at radius 1 is 1.25 bits per heavy atom. The Morgan fingerprint density at radius 2 is 1.95 bits per heavy atom. The van der Waals surface area contributed by atoms with Gasteiger partial charge in [0.1, 0.15) is 0 Å². The largest absolute Gasteiger partial charge is 0.469 e. The van der Waals surface area contributed by atoms with Gasteiger partial charge in [0.05, 0.1) is 13.0 Å². The number of nitrogens with zero attached hydrogens (tertiary/aromatic N) is 1. The fraction of sp³-hybridized carbons (Fsp3) is 0.588. The summed E-state index contributed by atoms with van der Waals surface area (Å²) in [4.78, 5) is 14.7. The van der Waals surface area contributed by atoms with Crippen LogP contribution < -0.4 is 0 Å². The van der Waals surface area contributed by atoms with E-state index in [1.54, 1.807) is 0 Å². The predicted molar refractivity (Wildman–Crippen MR) is 78.5 cm³/mol. The monoisotopic (exact) mass is 273 g/mol. The van der Waals surface area contributed by atoms with Gasteiger partial charge >= 0.3 is 5.97 Å². The van der Waals surface area contributed by atoms with E-state index < -0.39 is 0 Å². The number of carbonyl (C=O) groups excluding carboxylic acids is 1. The quantitative estimate of drug-likeness (QED) is 0.790. The van der Waals surface area contributed by atoms with Crippen LogP contribution in [-0.2, 0) is 9.53 Å². The van der Waals surface area contributed by atoms with E-state index in [0.29, 0.717) is 6.04 Å². The van der Waals surface area contributed by atoms with Crippen LogP contribution in [0.3, 0.4) is 0 Å². The van der Waals surface area contributed by atoms with E-state index in [-0.39, 0.29) is 11.9 Å². The highest BCUT2D eigenvalue weighted by molar-refractivity contribution is 5.78. The van der Waals surface area contributed by atoms with Crippen LogP contribution in [0.4, 0.5) is 0 Å². The molecule has 3 aliphatic rings. The number of carbonyl (C=O) groups is 1. The molecule has 3 nitrogen and oxygen atoms in total. The zero-order chi connectivity index (χ0) is 13.9. The molecule has 2 aliphatic heterocycles. The summed E-state index contributed by atoms with van der Waals surface area (Å²) in [5.74, 6) is 0.576. The number of fused-ring (bicyclic) bond motifs is 3. The SMILES string of the molecule is COC(=O)C(CN1CC2CCC1CC2)c1ccccc1. The van der Waals surface area contributed by atoms with Crippen molar-refractivity contribution in [2.45, 2.75) is 37.6 Å². The van der Waals surface area contributed by atoms with Crippen molar-refractivity contribution in [1.82, 2.24) is 4.90 Å². The molecule has 0 spiro atoms. The molecule has 2 saturated heterocycles. The molecule has 1 saturated carbocycles. The molecule has 4 rings (SSSR count). The fourth-order valence-electron chi connectivity index (χ4n) is 3.78. The van der Waals surface area contributed by atoms with Gasteiger partial charge in [-0.05, 0) is 37.2 Å². The second kappa shape index (κ2) is 5.96. The minimum atomic E-state index is -0.152. The van der Waals surface area contributed by atoms with Crippen LogP contribution in [0, 0.1) is 5.92 Å². The molecule has 1 atom stereocenters. The number of esters is 1. The zero-order valence-electron chi connectivity index (χ0n) is 12.1. The van der Waals surface area contributed by atoms with Crippen molar-refractivity contribution in [2.24, 2.45) is 5.92 Å². The molecule has 1 unspecified atom stereocenters. The van der Waals surface area contributed by atoms with Gasteiger partial charge in [-0.25, -0.2) is 0 Å². The zero-order valence-corrected chi connectivity index (χ0v) is 12.1. The molecule has 1 aromatic carbocycles. The number of ether oxygens (including phenoxy) is 1. The van der Waals surface area contributed by atoms with Crippen LogP contribution in [0.5, 0.6) is 0 Å². The standard InChI is InChI=1S/C17H23NO2/c1-20-17(19)16(14-5-3-2-4-6-14)12-18-11-13-7-9-15(18)10-8-13/h2-6,13,15-16H,7-12H2,1H3. The molecule has 0 radical (unpaired) electrons. The van der Waals surface area contributed by atoms with Crippen molar-refractivity contribution < 1.29 is 9.53 Å². The van der Waals surface area contributed by atoms with Crippen molar-refractivity contribution in [1.29, 1.82) is 0 Å². The minimum Gasteiger partial charge on any atom is -0.469 e. The van der Waals surface area contributed by atoms with Gasteiger partial charge < -0.3 is 4.74 Å². The topological polar surface area (TPSA) is 29.5 Å². The van der Waals surface area contributed by atoms with Crippen LogP contribution >= 0.6 is 0 Å². The predicted octanol–water partition coefficient (Wildman–Crippen LogP) is 2.82. The van der Waals surface area contributed by atoms with Gasteiger partial charge in [-0.1, -0.05) is 30.3 Å². The molecule has 3 fully saturated rings. The maximum atomic E-state index is 12.1. The highest BCUT2D eigenvalue weighted by atomic mass is 16.5. The molecule has 2 bridgehead atoms. The number of methoxy groups -OCH3 is 1. The molecule has 2 heterocycles. The number of rotatable bonds is 4. The van der Waals surface area contributed by atoms with Crippen LogP contribution in [0.25, 0.3) is 0 Å². The van der Waals surface area contributed by atoms with Crippen LogP contribution in [0.1, 0.15) is 37.2 Å². The lowest BCUT2D eigenvalue weighted by molar-refractivity contribution is -0.143. The van der Waals surface area contributed by atoms with Crippen LogP contribution in [-0.4, -0.2) is 37.1 Å². The van der Waals surface area contributed by atoms with Crippen LogP contribution in [0.15, 0.2) is 30.3 Å². The summed E-state index contributed by atoms with van der Waals surface area (Å²) in [5, 5.41) is 0. The number of piperidine rings is 2. The van der Waals surface area contributed by atoms with Gasteiger partial charge in [-0.3, -0.25) is 9.69 Å². The Balaban J connectivity index is 1.75. The lowest BCUT2D eigenvalue weighted by atomic mass is 9.79. The molecular formula is C17H23NO2. The Bertz CT molecular complexity index is 451. The maximum absolute atomic E-state index is 12.1. The third-order valence-corrected chi connectivity index (χ3v) is 4.93. The summed E-state index contributed by atoms with van der Waals surface area (Å²) in [6.45, 7) is 1.96. The normalized spacial score (nSPS) is 27.2. The van der Waals surface area contributed by atoms with Gasteiger partial charge in [0.25, 0.3) is 0 Å².